The largest absolute Gasteiger partial charge is 0.493 e. The van der Waals surface area contributed by atoms with E-state index >= 15 is 0 Å². The van der Waals surface area contributed by atoms with Crippen LogP contribution in [-0.2, 0) is 0 Å². The van der Waals surface area contributed by atoms with Crippen molar-refractivity contribution >= 4 is 38.8 Å². The molecule has 0 saturated heterocycles. The molecule has 8 heteroatoms. The van der Waals surface area contributed by atoms with Crippen molar-refractivity contribution in [2.75, 3.05) is 12.8 Å². The molecule has 0 aliphatic carbocycles. The minimum Gasteiger partial charge on any atom is -0.493 e. The summed E-state index contributed by atoms with van der Waals surface area (Å²) in [6.07, 6.45) is 0. The van der Waals surface area contributed by atoms with E-state index in [1.807, 2.05) is 6.07 Å². The highest BCUT2D eigenvalue weighted by Gasteiger charge is 2.21. The zero-order valence-corrected chi connectivity index (χ0v) is 13.0. The highest BCUT2D eigenvalue weighted by Crippen LogP contribution is 2.39. The van der Waals surface area contributed by atoms with Crippen LogP contribution < -0.4 is 16.0 Å². The van der Waals surface area contributed by atoms with Crippen molar-refractivity contribution in [1.82, 2.24) is 9.97 Å². The van der Waals surface area contributed by atoms with Gasteiger partial charge in [-0.05, 0) is 6.07 Å². The van der Waals surface area contributed by atoms with Gasteiger partial charge < -0.3 is 19.9 Å². The normalized spacial score (nSPS) is 10.8. The van der Waals surface area contributed by atoms with Gasteiger partial charge in [0.1, 0.15) is 29.1 Å². The van der Waals surface area contributed by atoms with Crippen molar-refractivity contribution in [1.29, 1.82) is 15.9 Å². The van der Waals surface area contributed by atoms with Crippen molar-refractivity contribution in [2.24, 2.45) is 0 Å². The first-order valence-corrected chi connectivity index (χ1v) is 7.20. The summed E-state index contributed by atoms with van der Waals surface area (Å²) in [6, 6.07) is 9.30. The Labute approximate surface area is 140 Å². The zero-order valence-electron chi connectivity index (χ0n) is 13.0. The standard InChI is InChI=1S/C17H10N6O2/c1-24-10-4-2-3-7-11-8(5-18)15(20)22-13-9(6-19)16(21)23-17(12(11)13)25-14(7)10/h2-4,21-22H,20H2,1H3. The Hall–Kier alpha value is -4.04. The molecule has 4 N–H and O–H groups in total. The maximum absolute atomic E-state index is 9.59. The van der Waals surface area contributed by atoms with Crippen molar-refractivity contribution in [3.63, 3.8) is 0 Å². The number of nitrogens with zero attached hydrogens (tertiary/aromatic N) is 3. The van der Waals surface area contributed by atoms with Gasteiger partial charge in [-0.2, -0.15) is 15.5 Å². The number of para-hydroxylation sites is 1. The molecule has 0 fully saturated rings. The summed E-state index contributed by atoms with van der Waals surface area (Å²) in [7, 11) is 1.50. The molecule has 4 aromatic rings. The first-order chi connectivity index (χ1) is 12.1. The van der Waals surface area contributed by atoms with E-state index in [-0.39, 0.29) is 28.1 Å². The first kappa shape index (κ1) is 14.5. The number of rotatable bonds is 1. The predicted octanol–water partition coefficient (Wildman–Crippen LogP) is 2.28. The molecule has 0 atom stereocenters. The number of fused-ring (bicyclic) bond motifs is 2. The summed E-state index contributed by atoms with van der Waals surface area (Å²) in [5, 5.41) is 28.5. The van der Waals surface area contributed by atoms with E-state index < -0.39 is 0 Å². The number of ether oxygens (including phenoxy) is 1. The van der Waals surface area contributed by atoms with Gasteiger partial charge in [0.15, 0.2) is 16.8 Å². The molecule has 3 heterocycles. The number of hydrogen-bond donors (Lipinski definition) is 3. The summed E-state index contributed by atoms with van der Waals surface area (Å²) in [6.45, 7) is 0. The third kappa shape index (κ3) is 1.79. The van der Waals surface area contributed by atoms with E-state index in [1.165, 1.54) is 7.11 Å². The summed E-state index contributed by atoms with van der Waals surface area (Å²) in [5.41, 5.74) is 6.85. The molecule has 0 saturated carbocycles. The lowest BCUT2D eigenvalue weighted by atomic mass is 10.0. The molecule has 25 heavy (non-hydrogen) atoms. The Bertz CT molecular complexity index is 1330. The van der Waals surface area contributed by atoms with Crippen LogP contribution in [-0.4, -0.2) is 17.1 Å². The fourth-order valence-corrected chi connectivity index (χ4v) is 3.02. The predicted molar refractivity (Wildman–Crippen MR) is 89.6 cm³/mol. The van der Waals surface area contributed by atoms with Crippen LogP contribution in [0, 0.1) is 28.1 Å². The zero-order chi connectivity index (χ0) is 17.7. The quantitative estimate of drug-likeness (QED) is 0.360. The molecule has 0 aliphatic heterocycles. The number of nitrogen functional groups attached to an aromatic ring is 1. The van der Waals surface area contributed by atoms with Crippen LogP contribution in [0.3, 0.4) is 0 Å². The van der Waals surface area contributed by atoms with Crippen LogP contribution in [0.5, 0.6) is 5.75 Å². The van der Waals surface area contributed by atoms with E-state index in [2.05, 4.69) is 16.0 Å². The van der Waals surface area contributed by atoms with Gasteiger partial charge in [0, 0.05) is 10.8 Å². The molecule has 3 aromatic heterocycles. The highest BCUT2D eigenvalue weighted by molar-refractivity contribution is 6.20. The Morgan fingerprint density at radius 2 is 2.00 bits per heavy atom. The van der Waals surface area contributed by atoms with E-state index in [1.54, 1.807) is 18.2 Å². The lowest BCUT2D eigenvalue weighted by Crippen LogP contribution is -2.13. The molecule has 8 nitrogen and oxygen atoms in total. The number of methoxy groups -OCH3 is 1. The fraction of sp³-hybridized carbons (Fsp3) is 0.0588. The van der Waals surface area contributed by atoms with Crippen LogP contribution >= 0.6 is 0 Å². The van der Waals surface area contributed by atoms with E-state index in [9.17, 15) is 10.5 Å². The lowest BCUT2D eigenvalue weighted by molar-refractivity contribution is 0.411. The lowest BCUT2D eigenvalue weighted by Gasteiger charge is -2.13. The number of pyridine rings is 2. The Kier molecular flexibility index (Phi) is 2.90. The second kappa shape index (κ2) is 4.98. The second-order valence-corrected chi connectivity index (χ2v) is 5.34. The topological polar surface area (TPSA) is 148 Å². The van der Waals surface area contributed by atoms with Crippen LogP contribution in [0.25, 0.3) is 33.0 Å². The number of anilines is 1. The maximum atomic E-state index is 9.59. The number of aromatic amines is 1. The van der Waals surface area contributed by atoms with Crippen LogP contribution in [0.15, 0.2) is 22.6 Å². The summed E-state index contributed by atoms with van der Waals surface area (Å²) in [5.74, 6) is 0.568. The molecular weight excluding hydrogens is 320 g/mol. The molecule has 120 valence electrons. The second-order valence-electron chi connectivity index (χ2n) is 5.34. The van der Waals surface area contributed by atoms with Gasteiger partial charge in [0.2, 0.25) is 5.71 Å². The third-order valence-electron chi connectivity index (χ3n) is 4.08. The number of nitrogens with one attached hydrogen (secondary N) is 2. The minimum atomic E-state index is -0.241. The van der Waals surface area contributed by atoms with Crippen molar-refractivity contribution < 1.29 is 9.15 Å². The molecule has 0 unspecified atom stereocenters. The molecule has 1 aromatic carbocycles. The van der Waals surface area contributed by atoms with Gasteiger partial charge in [0.25, 0.3) is 0 Å². The van der Waals surface area contributed by atoms with Crippen LogP contribution in [0.1, 0.15) is 11.1 Å². The van der Waals surface area contributed by atoms with Gasteiger partial charge in [0.05, 0.1) is 18.0 Å². The smallest absolute Gasteiger partial charge is 0.231 e. The molecule has 0 radical (unpaired) electrons. The summed E-state index contributed by atoms with van der Waals surface area (Å²) in [4.78, 5) is 6.92. The number of aromatic nitrogens is 2. The number of hydrogen-bond acceptors (Lipinski definition) is 7. The molecule has 0 aliphatic rings. The van der Waals surface area contributed by atoms with E-state index in [0.717, 1.165) is 0 Å². The first-order valence-electron chi connectivity index (χ1n) is 7.20. The number of H-pyrrole nitrogens is 1. The van der Waals surface area contributed by atoms with Gasteiger partial charge in [-0.25, -0.2) is 0 Å². The van der Waals surface area contributed by atoms with E-state index in [0.29, 0.717) is 33.0 Å². The molecule has 4 rings (SSSR count). The molecule has 0 bridgehead atoms. The Balaban J connectivity index is 2.47. The van der Waals surface area contributed by atoms with E-state index in [4.69, 9.17) is 20.3 Å². The maximum Gasteiger partial charge on any atom is 0.231 e. The Morgan fingerprint density at radius 3 is 2.68 bits per heavy atom. The molecular formula is C17H10N6O2. The molecule has 0 spiro atoms. The van der Waals surface area contributed by atoms with Gasteiger partial charge >= 0.3 is 0 Å². The average molecular weight is 330 g/mol. The minimum absolute atomic E-state index is 0.0335. The van der Waals surface area contributed by atoms with Crippen LogP contribution in [0.4, 0.5) is 5.82 Å². The SMILES string of the molecule is COc1cccc2c1oc1nc(=N)c(C#N)c3[nH]c(N)c(C#N)c2c13. The average Bonchev–Trinajstić information content (AvgIpc) is 2.61. The Morgan fingerprint density at radius 1 is 1.24 bits per heavy atom. The van der Waals surface area contributed by atoms with Gasteiger partial charge in [-0.15, -0.1) is 0 Å². The monoisotopic (exact) mass is 330 g/mol. The van der Waals surface area contributed by atoms with Crippen molar-refractivity contribution in [2.45, 2.75) is 0 Å². The highest BCUT2D eigenvalue weighted by atomic mass is 16.5. The number of benzene rings is 1. The third-order valence-corrected chi connectivity index (χ3v) is 4.08. The number of nitriles is 2. The number of nitrogens with two attached hydrogens (primary N) is 1. The molecule has 0 amide bonds. The van der Waals surface area contributed by atoms with Crippen molar-refractivity contribution in [3.8, 4) is 17.9 Å². The fourth-order valence-electron chi connectivity index (χ4n) is 3.02. The van der Waals surface area contributed by atoms with Gasteiger partial charge in [-0.3, -0.25) is 5.41 Å². The van der Waals surface area contributed by atoms with Crippen molar-refractivity contribution in [3.05, 3.63) is 34.8 Å². The van der Waals surface area contributed by atoms with Gasteiger partial charge in [-0.1, -0.05) is 12.1 Å². The summed E-state index contributed by atoms with van der Waals surface area (Å²) < 4.78 is 11.2. The summed E-state index contributed by atoms with van der Waals surface area (Å²) >= 11 is 0. The van der Waals surface area contributed by atoms with Crippen LogP contribution in [0.2, 0.25) is 0 Å².